The highest BCUT2D eigenvalue weighted by atomic mass is 79.9. The Morgan fingerprint density at radius 3 is 2.56 bits per heavy atom. The molecule has 1 N–H and O–H groups in total. The van der Waals surface area contributed by atoms with Gasteiger partial charge in [0, 0.05) is 27.4 Å². The number of rotatable bonds is 3. The number of carbonyl (C=O) groups is 1. The zero-order valence-electron chi connectivity index (χ0n) is 14.5. The molecule has 0 radical (unpaired) electrons. The molecule has 1 aliphatic rings. The number of pyridine rings is 1. The number of carbonyl (C=O) groups excluding carboxylic acids is 1. The first-order chi connectivity index (χ1) is 12.9. The monoisotopic (exact) mass is 426 g/mol. The highest BCUT2D eigenvalue weighted by molar-refractivity contribution is 9.10. The van der Waals surface area contributed by atoms with Gasteiger partial charge in [0.25, 0.3) is 5.91 Å². The summed E-state index contributed by atoms with van der Waals surface area (Å²) in [5.74, 6) is -0.713. The molecule has 4 rings (SSSR count). The van der Waals surface area contributed by atoms with Gasteiger partial charge in [0.15, 0.2) is 5.72 Å². The zero-order valence-corrected chi connectivity index (χ0v) is 16.1. The third kappa shape index (κ3) is 2.95. The Balaban J connectivity index is 1.86. The predicted molar refractivity (Wildman–Crippen MR) is 102 cm³/mol. The van der Waals surface area contributed by atoms with E-state index in [9.17, 15) is 14.3 Å². The van der Waals surface area contributed by atoms with E-state index in [0.717, 1.165) is 10.0 Å². The maximum absolute atomic E-state index is 13.4. The van der Waals surface area contributed by atoms with Crippen molar-refractivity contribution >= 4 is 21.8 Å². The maximum Gasteiger partial charge on any atom is 0.257 e. The number of nitrogens with zero attached hydrogens (tertiary/aromatic N) is 2. The van der Waals surface area contributed by atoms with Gasteiger partial charge in [0.2, 0.25) is 0 Å². The molecule has 0 saturated carbocycles. The van der Waals surface area contributed by atoms with Crippen LogP contribution < -0.4 is 0 Å². The average Bonchev–Trinajstić information content (AvgIpc) is 2.86. The topological polar surface area (TPSA) is 53.4 Å². The molecule has 2 heterocycles. The summed E-state index contributed by atoms with van der Waals surface area (Å²) in [4.78, 5) is 18.8. The number of hydrogen-bond acceptors (Lipinski definition) is 3. The second-order valence-corrected chi connectivity index (χ2v) is 7.50. The number of fused-ring (bicyclic) bond motifs is 1. The SMILES string of the molecule is Cc1ccc(CN2C(=O)c3cc(Br)ccc3C2(O)c2ccc(F)cc2)nc1. The van der Waals surface area contributed by atoms with Crippen LogP contribution in [0.2, 0.25) is 0 Å². The van der Waals surface area contributed by atoms with Crippen LogP contribution in [0.5, 0.6) is 0 Å². The van der Waals surface area contributed by atoms with Gasteiger partial charge in [-0.2, -0.15) is 0 Å². The van der Waals surface area contributed by atoms with Crippen LogP contribution in [-0.2, 0) is 12.3 Å². The van der Waals surface area contributed by atoms with Gasteiger partial charge < -0.3 is 5.11 Å². The summed E-state index contributed by atoms with van der Waals surface area (Å²) in [7, 11) is 0. The van der Waals surface area contributed by atoms with Gasteiger partial charge in [-0.25, -0.2) is 4.39 Å². The minimum Gasteiger partial charge on any atom is -0.363 e. The zero-order chi connectivity index (χ0) is 19.2. The van der Waals surface area contributed by atoms with Crippen molar-refractivity contribution in [3.63, 3.8) is 0 Å². The molecular weight excluding hydrogens is 411 g/mol. The van der Waals surface area contributed by atoms with E-state index in [1.807, 2.05) is 19.1 Å². The second-order valence-electron chi connectivity index (χ2n) is 6.59. The lowest BCUT2D eigenvalue weighted by atomic mass is 9.93. The Morgan fingerprint density at radius 2 is 1.89 bits per heavy atom. The fraction of sp³-hybridized carbons (Fsp3) is 0.143. The molecule has 1 unspecified atom stereocenters. The Hall–Kier alpha value is -2.57. The molecule has 2 aromatic carbocycles. The minimum absolute atomic E-state index is 0.124. The van der Waals surface area contributed by atoms with Gasteiger partial charge in [-0.15, -0.1) is 0 Å². The third-order valence-corrected chi connectivity index (χ3v) is 5.26. The smallest absolute Gasteiger partial charge is 0.257 e. The van der Waals surface area contributed by atoms with Crippen molar-refractivity contribution in [2.75, 3.05) is 0 Å². The van der Waals surface area contributed by atoms with E-state index in [1.165, 1.54) is 29.2 Å². The Kier molecular flexibility index (Phi) is 4.32. The minimum atomic E-state index is -1.70. The summed E-state index contributed by atoms with van der Waals surface area (Å²) >= 11 is 3.38. The van der Waals surface area contributed by atoms with E-state index >= 15 is 0 Å². The van der Waals surface area contributed by atoms with Gasteiger partial charge in [-0.3, -0.25) is 14.7 Å². The second kappa shape index (κ2) is 6.55. The lowest BCUT2D eigenvalue weighted by Gasteiger charge is -2.34. The van der Waals surface area contributed by atoms with Crippen LogP contribution in [0.4, 0.5) is 4.39 Å². The number of halogens is 2. The molecule has 6 heteroatoms. The lowest BCUT2D eigenvalue weighted by molar-refractivity contribution is -0.0548. The summed E-state index contributed by atoms with van der Waals surface area (Å²) < 4.78 is 14.2. The molecule has 0 bridgehead atoms. The average molecular weight is 427 g/mol. The largest absolute Gasteiger partial charge is 0.363 e. The van der Waals surface area contributed by atoms with Crippen LogP contribution in [0.15, 0.2) is 65.3 Å². The molecule has 0 fully saturated rings. The molecule has 1 aliphatic heterocycles. The number of benzene rings is 2. The van der Waals surface area contributed by atoms with Crippen LogP contribution in [0.3, 0.4) is 0 Å². The lowest BCUT2D eigenvalue weighted by Crippen LogP contribution is -2.44. The molecular formula is C21H16BrFN2O2. The molecule has 0 aliphatic carbocycles. The maximum atomic E-state index is 13.4. The van der Waals surface area contributed by atoms with E-state index in [-0.39, 0.29) is 12.5 Å². The fourth-order valence-electron chi connectivity index (χ4n) is 3.37. The molecule has 4 nitrogen and oxygen atoms in total. The number of aromatic nitrogens is 1. The van der Waals surface area contributed by atoms with E-state index < -0.39 is 11.5 Å². The first-order valence-electron chi connectivity index (χ1n) is 8.41. The van der Waals surface area contributed by atoms with E-state index in [4.69, 9.17) is 0 Å². The van der Waals surface area contributed by atoms with Crippen LogP contribution in [0.1, 0.15) is 32.7 Å². The highest BCUT2D eigenvalue weighted by Gasteiger charge is 2.50. The summed E-state index contributed by atoms with van der Waals surface area (Å²) in [5.41, 5.74) is 1.25. The van der Waals surface area contributed by atoms with E-state index in [1.54, 1.807) is 24.4 Å². The third-order valence-electron chi connectivity index (χ3n) is 4.76. The van der Waals surface area contributed by atoms with Crippen molar-refractivity contribution in [2.24, 2.45) is 0 Å². The summed E-state index contributed by atoms with van der Waals surface area (Å²) in [6.07, 6.45) is 1.72. The molecule has 1 aromatic heterocycles. The van der Waals surface area contributed by atoms with Crippen LogP contribution in [0.25, 0.3) is 0 Å². The highest BCUT2D eigenvalue weighted by Crippen LogP contribution is 2.43. The number of aliphatic hydroxyl groups is 1. The van der Waals surface area contributed by atoms with E-state index in [2.05, 4.69) is 20.9 Å². The van der Waals surface area contributed by atoms with Crippen molar-refractivity contribution in [1.82, 2.24) is 9.88 Å². The fourth-order valence-corrected chi connectivity index (χ4v) is 3.73. The van der Waals surface area contributed by atoms with Crippen molar-refractivity contribution in [3.8, 4) is 0 Å². The normalized spacial score (nSPS) is 18.7. The van der Waals surface area contributed by atoms with E-state index in [0.29, 0.717) is 22.4 Å². The summed E-state index contributed by atoms with van der Waals surface area (Å²) in [6, 6.07) is 14.4. The Morgan fingerprint density at radius 1 is 1.15 bits per heavy atom. The van der Waals surface area contributed by atoms with Crippen molar-refractivity contribution in [3.05, 3.63) is 99.0 Å². The quantitative estimate of drug-likeness (QED) is 0.684. The number of aryl methyl sites for hydroxylation is 1. The Bertz CT molecular complexity index is 1020. The van der Waals surface area contributed by atoms with Crippen molar-refractivity contribution < 1.29 is 14.3 Å². The molecule has 1 atom stereocenters. The molecule has 0 saturated heterocycles. The summed E-state index contributed by atoms with van der Waals surface area (Å²) in [6.45, 7) is 2.05. The van der Waals surface area contributed by atoms with Crippen molar-refractivity contribution in [1.29, 1.82) is 0 Å². The van der Waals surface area contributed by atoms with Gasteiger partial charge >= 0.3 is 0 Å². The van der Waals surface area contributed by atoms with Crippen molar-refractivity contribution in [2.45, 2.75) is 19.2 Å². The molecule has 27 heavy (non-hydrogen) atoms. The molecule has 136 valence electrons. The van der Waals surface area contributed by atoms with Crippen LogP contribution >= 0.6 is 15.9 Å². The van der Waals surface area contributed by atoms with Gasteiger partial charge in [-0.05, 0) is 42.8 Å². The predicted octanol–water partition coefficient (Wildman–Crippen LogP) is 4.14. The van der Waals surface area contributed by atoms with Gasteiger partial charge in [0.1, 0.15) is 5.82 Å². The van der Waals surface area contributed by atoms with Crippen LogP contribution in [0, 0.1) is 12.7 Å². The van der Waals surface area contributed by atoms with Gasteiger partial charge in [-0.1, -0.05) is 40.2 Å². The number of hydrogen-bond donors (Lipinski definition) is 1. The molecule has 0 spiro atoms. The molecule has 3 aromatic rings. The summed E-state index contributed by atoms with van der Waals surface area (Å²) in [5, 5.41) is 11.7. The van der Waals surface area contributed by atoms with Crippen LogP contribution in [-0.4, -0.2) is 20.9 Å². The van der Waals surface area contributed by atoms with Gasteiger partial charge in [0.05, 0.1) is 12.2 Å². The first kappa shape index (κ1) is 17.8. The Labute approximate surface area is 164 Å². The molecule has 1 amide bonds. The first-order valence-corrected chi connectivity index (χ1v) is 9.21. The number of amides is 1. The standard InChI is InChI=1S/C21H16BrFN2O2/c1-13-2-8-17(24-11-13)12-25-20(26)18-10-15(22)5-9-19(18)21(25,27)14-3-6-16(23)7-4-14/h2-11,27H,12H2,1H3.